The molecule has 12 nitrogen and oxygen atoms in total. The van der Waals surface area contributed by atoms with Crippen molar-refractivity contribution >= 4 is 24.0 Å². The van der Waals surface area contributed by atoms with Gasteiger partial charge in [-0.3, -0.25) is 14.6 Å². The molecule has 0 aliphatic rings. The first-order valence-corrected chi connectivity index (χ1v) is 17.5. The van der Waals surface area contributed by atoms with E-state index in [2.05, 4.69) is 26.3 Å². The van der Waals surface area contributed by atoms with Gasteiger partial charge in [0.15, 0.2) is 0 Å². The second-order valence-electron chi connectivity index (χ2n) is 12.9. The summed E-state index contributed by atoms with van der Waals surface area (Å²) >= 11 is 0. The Morgan fingerprint density at radius 3 is 1.73 bits per heavy atom. The van der Waals surface area contributed by atoms with Gasteiger partial charge >= 0.3 is 12.2 Å². The van der Waals surface area contributed by atoms with Gasteiger partial charge in [0, 0.05) is 17.8 Å². The number of alkyl carbamates (subject to hydrolysis) is 2. The Morgan fingerprint density at radius 1 is 0.686 bits per heavy atom. The van der Waals surface area contributed by atoms with Crippen LogP contribution in [0.2, 0.25) is 0 Å². The Bertz CT molecular complexity index is 1520. The molecule has 3 aromatic rings. The molecule has 5 N–H and O–H groups in total. The van der Waals surface area contributed by atoms with E-state index in [9.17, 15) is 24.3 Å². The third-order valence-corrected chi connectivity index (χ3v) is 9.27. The number of hydrogen-bond donors (Lipinski definition) is 5. The molecule has 4 unspecified atom stereocenters. The van der Waals surface area contributed by atoms with Crippen LogP contribution in [-0.2, 0) is 31.9 Å². The van der Waals surface area contributed by atoms with Crippen molar-refractivity contribution in [3.05, 3.63) is 90.1 Å². The standard InChI is InChI=1S/C39H53N5O7/c1-7-25(3)34(43-38(48)50-5)36(46)41-30(22-28-17-19-29(20-18-28)31-16-12-13-21-40-31)24-33(45)32(23-27-14-10-9-11-15-27)42-37(47)35(26(4)8-2)44-39(49)51-6/h9-21,25-26,30,32-35,45H,7-8,22-24H2,1-6H3,(H,41,46)(H,42,47)(H,43,48)(H,44,49)/t25?,26?,30-,32?,33?,34-,35-/m0/s1. The van der Waals surface area contributed by atoms with E-state index < -0.39 is 54.3 Å². The molecule has 0 aliphatic carbocycles. The van der Waals surface area contributed by atoms with Crippen LogP contribution in [0.25, 0.3) is 11.3 Å². The fraction of sp³-hybridized carbons (Fsp3) is 0.462. The number of methoxy groups -OCH3 is 2. The lowest BCUT2D eigenvalue weighted by Gasteiger charge is -2.32. The van der Waals surface area contributed by atoms with E-state index in [1.54, 1.807) is 6.20 Å². The molecule has 276 valence electrons. The molecule has 0 fully saturated rings. The Balaban J connectivity index is 1.94. The predicted molar refractivity (Wildman–Crippen MR) is 196 cm³/mol. The normalized spacial score (nSPS) is 15.1. The molecule has 7 atom stereocenters. The molecule has 0 radical (unpaired) electrons. The Morgan fingerprint density at radius 2 is 1.22 bits per heavy atom. The second-order valence-corrected chi connectivity index (χ2v) is 12.9. The number of nitrogens with zero attached hydrogens (tertiary/aromatic N) is 1. The van der Waals surface area contributed by atoms with Crippen LogP contribution in [0.5, 0.6) is 0 Å². The third-order valence-electron chi connectivity index (χ3n) is 9.27. The molecular formula is C39H53N5O7. The molecule has 0 spiro atoms. The number of carbonyl (C=O) groups excluding carboxylic acids is 4. The Kier molecular flexibility index (Phi) is 16.4. The minimum atomic E-state index is -1.13. The van der Waals surface area contributed by atoms with Crippen molar-refractivity contribution in [1.29, 1.82) is 0 Å². The van der Waals surface area contributed by atoms with Gasteiger partial charge in [-0.1, -0.05) is 101 Å². The first kappa shape index (κ1) is 40.5. The third kappa shape index (κ3) is 12.7. The van der Waals surface area contributed by atoms with Crippen molar-refractivity contribution in [2.45, 2.75) is 90.1 Å². The number of pyridine rings is 1. The number of aliphatic hydroxyl groups is 1. The molecule has 0 aliphatic heterocycles. The molecule has 0 saturated heterocycles. The summed E-state index contributed by atoms with van der Waals surface area (Å²) in [5.41, 5.74) is 3.54. The molecule has 2 aromatic carbocycles. The van der Waals surface area contributed by atoms with Gasteiger partial charge in [-0.05, 0) is 54.4 Å². The largest absolute Gasteiger partial charge is 0.453 e. The molecule has 3 rings (SSSR count). The monoisotopic (exact) mass is 703 g/mol. The van der Waals surface area contributed by atoms with Gasteiger partial charge in [0.25, 0.3) is 0 Å². The first-order valence-electron chi connectivity index (χ1n) is 17.5. The van der Waals surface area contributed by atoms with Crippen LogP contribution in [0.1, 0.15) is 58.1 Å². The Hall–Kier alpha value is -4.97. The average Bonchev–Trinajstić information content (AvgIpc) is 3.15. The van der Waals surface area contributed by atoms with E-state index in [0.717, 1.165) is 22.4 Å². The van der Waals surface area contributed by atoms with E-state index >= 15 is 0 Å². The summed E-state index contributed by atoms with van der Waals surface area (Å²) in [7, 11) is 2.47. The number of aromatic nitrogens is 1. The van der Waals surface area contributed by atoms with Crippen LogP contribution in [-0.4, -0.2) is 78.6 Å². The zero-order valence-corrected chi connectivity index (χ0v) is 30.4. The lowest BCUT2D eigenvalue weighted by atomic mass is 9.91. The minimum Gasteiger partial charge on any atom is -0.453 e. The van der Waals surface area contributed by atoms with Crippen LogP contribution >= 0.6 is 0 Å². The lowest BCUT2D eigenvalue weighted by molar-refractivity contribution is -0.127. The topological polar surface area (TPSA) is 168 Å². The van der Waals surface area contributed by atoms with E-state index in [-0.39, 0.29) is 24.7 Å². The number of aliphatic hydroxyl groups excluding tert-OH is 1. The maximum Gasteiger partial charge on any atom is 0.407 e. The van der Waals surface area contributed by atoms with E-state index in [0.29, 0.717) is 19.3 Å². The zero-order valence-electron chi connectivity index (χ0n) is 30.4. The van der Waals surface area contributed by atoms with E-state index in [4.69, 9.17) is 9.47 Å². The maximum absolute atomic E-state index is 13.8. The smallest absolute Gasteiger partial charge is 0.407 e. The predicted octanol–water partition coefficient (Wildman–Crippen LogP) is 4.80. The van der Waals surface area contributed by atoms with Gasteiger partial charge in [-0.2, -0.15) is 0 Å². The van der Waals surface area contributed by atoms with Crippen LogP contribution < -0.4 is 21.3 Å². The fourth-order valence-corrected chi connectivity index (χ4v) is 5.77. The van der Waals surface area contributed by atoms with Crippen molar-refractivity contribution in [2.75, 3.05) is 14.2 Å². The highest BCUT2D eigenvalue weighted by atomic mass is 16.5. The molecule has 1 heterocycles. The van der Waals surface area contributed by atoms with Crippen LogP contribution in [0.15, 0.2) is 79.0 Å². The summed E-state index contributed by atoms with van der Waals surface area (Å²) in [5, 5.41) is 23.2. The number of ether oxygens (including phenoxy) is 2. The van der Waals surface area contributed by atoms with Crippen molar-refractivity contribution in [1.82, 2.24) is 26.3 Å². The highest BCUT2D eigenvalue weighted by molar-refractivity contribution is 5.87. The van der Waals surface area contributed by atoms with Crippen LogP contribution in [0, 0.1) is 11.8 Å². The second kappa shape index (κ2) is 20.6. The molecular weight excluding hydrogens is 650 g/mol. The van der Waals surface area contributed by atoms with Crippen LogP contribution in [0.4, 0.5) is 9.59 Å². The zero-order chi connectivity index (χ0) is 37.3. The Labute approximate surface area is 301 Å². The maximum atomic E-state index is 13.8. The van der Waals surface area contributed by atoms with E-state index in [1.165, 1.54) is 14.2 Å². The highest BCUT2D eigenvalue weighted by Gasteiger charge is 2.33. The average molecular weight is 704 g/mol. The quantitative estimate of drug-likeness (QED) is 0.126. The van der Waals surface area contributed by atoms with Crippen molar-refractivity contribution in [3.63, 3.8) is 0 Å². The first-order chi connectivity index (χ1) is 24.5. The number of hydrogen-bond acceptors (Lipinski definition) is 8. The number of rotatable bonds is 18. The minimum absolute atomic E-state index is 0.0649. The fourth-order valence-electron chi connectivity index (χ4n) is 5.77. The number of nitrogens with one attached hydrogen (secondary N) is 4. The number of amides is 4. The SMILES string of the molecule is CCC(C)[C@H](NC(=O)OC)C(=O)NC(Cc1ccccc1)C(O)C[C@H](Cc1ccc(-c2ccccn2)cc1)NC(=O)[C@@H](NC(=O)OC)C(C)CC. The van der Waals surface area contributed by atoms with Gasteiger partial charge in [0.2, 0.25) is 11.8 Å². The van der Waals surface area contributed by atoms with Gasteiger partial charge in [0.1, 0.15) is 12.1 Å². The number of carbonyl (C=O) groups is 4. The summed E-state index contributed by atoms with van der Waals surface area (Å²) in [6, 6.07) is 19.8. The van der Waals surface area contributed by atoms with Crippen molar-refractivity contribution < 1.29 is 33.8 Å². The summed E-state index contributed by atoms with van der Waals surface area (Å²) in [6.07, 6.45) is 1.08. The van der Waals surface area contributed by atoms with Gasteiger partial charge in [0.05, 0.1) is 32.1 Å². The highest BCUT2D eigenvalue weighted by Crippen LogP contribution is 2.20. The van der Waals surface area contributed by atoms with Gasteiger partial charge in [-0.25, -0.2) is 9.59 Å². The molecule has 4 amide bonds. The molecule has 1 aromatic heterocycles. The summed E-state index contributed by atoms with van der Waals surface area (Å²) < 4.78 is 9.56. The summed E-state index contributed by atoms with van der Waals surface area (Å²) in [6.45, 7) is 7.55. The molecule has 51 heavy (non-hydrogen) atoms. The number of benzene rings is 2. The van der Waals surface area contributed by atoms with E-state index in [1.807, 2.05) is 100 Å². The van der Waals surface area contributed by atoms with Crippen molar-refractivity contribution in [3.8, 4) is 11.3 Å². The van der Waals surface area contributed by atoms with Crippen molar-refractivity contribution in [2.24, 2.45) is 11.8 Å². The molecule has 0 saturated carbocycles. The summed E-state index contributed by atoms with van der Waals surface area (Å²) in [5.74, 6) is -1.31. The molecule has 0 bridgehead atoms. The molecule has 12 heteroatoms. The summed E-state index contributed by atoms with van der Waals surface area (Å²) in [4.78, 5) is 56.3. The van der Waals surface area contributed by atoms with Crippen LogP contribution in [0.3, 0.4) is 0 Å². The van der Waals surface area contributed by atoms with Gasteiger partial charge < -0.3 is 35.8 Å². The van der Waals surface area contributed by atoms with Gasteiger partial charge in [-0.15, -0.1) is 0 Å². The lowest BCUT2D eigenvalue weighted by Crippen LogP contribution is -2.57.